The van der Waals surface area contributed by atoms with Gasteiger partial charge in [0.2, 0.25) is 0 Å². The fourth-order valence-corrected chi connectivity index (χ4v) is 4.80. The Bertz CT molecular complexity index is 168. The quantitative estimate of drug-likeness (QED) is 0.598. The van der Waals surface area contributed by atoms with Crippen LogP contribution in [0.5, 0.6) is 0 Å². The van der Waals surface area contributed by atoms with Gasteiger partial charge in [0.15, 0.2) is 0 Å². The van der Waals surface area contributed by atoms with Crippen molar-refractivity contribution in [2.45, 2.75) is 57.9 Å². The Labute approximate surface area is 90.1 Å². The molecular formula is C12H24NP. The van der Waals surface area contributed by atoms with Gasteiger partial charge in [-0.15, -0.1) is 0 Å². The summed E-state index contributed by atoms with van der Waals surface area (Å²) in [5, 5.41) is 0. The van der Waals surface area contributed by atoms with Gasteiger partial charge in [0, 0.05) is 12.6 Å². The molecule has 0 aromatic rings. The van der Waals surface area contributed by atoms with E-state index in [1.807, 2.05) is 0 Å². The van der Waals surface area contributed by atoms with Crippen molar-refractivity contribution in [3.63, 3.8) is 0 Å². The summed E-state index contributed by atoms with van der Waals surface area (Å²) < 4.78 is 2.88. The van der Waals surface area contributed by atoms with Crippen LogP contribution in [0.4, 0.5) is 0 Å². The Hall–Kier alpha value is 0.390. The van der Waals surface area contributed by atoms with Crippen LogP contribution in [-0.4, -0.2) is 29.6 Å². The summed E-state index contributed by atoms with van der Waals surface area (Å²) >= 11 is 0. The number of rotatable bonds is 1. The van der Waals surface area contributed by atoms with Gasteiger partial charge in [0.1, 0.15) is 0 Å². The topological polar surface area (TPSA) is 3.24 Å². The Morgan fingerprint density at radius 1 is 0.929 bits per heavy atom. The Kier molecular flexibility index (Phi) is 4.25. The summed E-state index contributed by atoms with van der Waals surface area (Å²) in [7, 11) is 0.337. The van der Waals surface area contributed by atoms with Gasteiger partial charge in [0.25, 0.3) is 0 Å². The van der Waals surface area contributed by atoms with Crippen molar-refractivity contribution < 1.29 is 0 Å². The van der Waals surface area contributed by atoms with E-state index in [4.69, 9.17) is 0 Å². The highest BCUT2D eigenvalue weighted by Crippen LogP contribution is 2.51. The first kappa shape index (κ1) is 10.9. The standard InChI is InChI=1S/C12H24NP/c1-12-8-5-3-2-4-6-9-13(12)14-10-7-11-14/h12H,2-11H2,1H3. The maximum absolute atomic E-state index is 2.88. The van der Waals surface area contributed by atoms with Gasteiger partial charge in [-0.3, -0.25) is 4.67 Å². The van der Waals surface area contributed by atoms with E-state index in [1.54, 1.807) is 12.3 Å². The monoisotopic (exact) mass is 213 g/mol. The van der Waals surface area contributed by atoms with Crippen molar-refractivity contribution in [1.82, 2.24) is 4.67 Å². The molecule has 1 unspecified atom stereocenters. The predicted octanol–water partition coefficient (Wildman–Crippen LogP) is 3.83. The number of hydrogen-bond acceptors (Lipinski definition) is 1. The van der Waals surface area contributed by atoms with Crippen molar-refractivity contribution in [3.05, 3.63) is 0 Å². The van der Waals surface area contributed by atoms with Crippen molar-refractivity contribution in [1.29, 1.82) is 0 Å². The first-order valence-corrected chi connectivity index (χ1v) is 8.06. The molecule has 2 heteroatoms. The summed E-state index contributed by atoms with van der Waals surface area (Å²) in [6.45, 7) is 3.87. The minimum Gasteiger partial charge on any atom is -0.279 e. The molecule has 2 fully saturated rings. The Morgan fingerprint density at radius 2 is 1.64 bits per heavy atom. The summed E-state index contributed by atoms with van der Waals surface area (Å²) in [6, 6.07) is 0.888. The second-order valence-electron chi connectivity index (χ2n) is 4.88. The van der Waals surface area contributed by atoms with Gasteiger partial charge in [-0.1, -0.05) is 25.7 Å². The summed E-state index contributed by atoms with van der Waals surface area (Å²) in [4.78, 5) is 0. The molecule has 0 aliphatic carbocycles. The largest absolute Gasteiger partial charge is 0.279 e. The highest BCUT2D eigenvalue weighted by atomic mass is 31.1. The molecule has 0 spiro atoms. The molecule has 2 aliphatic heterocycles. The van der Waals surface area contributed by atoms with Crippen molar-refractivity contribution in [2.75, 3.05) is 18.9 Å². The molecule has 2 heterocycles. The van der Waals surface area contributed by atoms with E-state index < -0.39 is 0 Å². The van der Waals surface area contributed by atoms with Crippen molar-refractivity contribution in [3.8, 4) is 0 Å². The van der Waals surface area contributed by atoms with E-state index in [0.717, 1.165) is 6.04 Å². The molecule has 82 valence electrons. The highest BCUT2D eigenvalue weighted by Gasteiger charge is 2.27. The molecule has 1 nitrogen and oxygen atoms in total. The summed E-state index contributed by atoms with van der Waals surface area (Å²) in [5.41, 5.74) is 0. The molecule has 2 aliphatic rings. The van der Waals surface area contributed by atoms with Crippen LogP contribution in [0, 0.1) is 0 Å². The molecule has 1 atom stereocenters. The van der Waals surface area contributed by atoms with Crippen LogP contribution in [0.2, 0.25) is 0 Å². The van der Waals surface area contributed by atoms with Gasteiger partial charge < -0.3 is 0 Å². The molecule has 0 aromatic carbocycles. The first-order valence-electron chi connectivity index (χ1n) is 6.39. The maximum atomic E-state index is 2.88. The minimum absolute atomic E-state index is 0.337. The first-order chi connectivity index (χ1) is 6.88. The van der Waals surface area contributed by atoms with Crippen LogP contribution >= 0.6 is 8.07 Å². The Balaban J connectivity index is 1.87. The van der Waals surface area contributed by atoms with Gasteiger partial charge in [0.05, 0.1) is 0 Å². The zero-order chi connectivity index (χ0) is 9.80. The third-order valence-corrected chi connectivity index (χ3v) is 6.70. The van der Waals surface area contributed by atoms with Gasteiger partial charge in [-0.2, -0.15) is 0 Å². The lowest BCUT2D eigenvalue weighted by molar-refractivity contribution is 0.336. The lowest BCUT2D eigenvalue weighted by Gasteiger charge is -2.41. The zero-order valence-corrected chi connectivity index (χ0v) is 10.4. The summed E-state index contributed by atoms with van der Waals surface area (Å²) in [6.07, 6.45) is 13.4. The smallest absolute Gasteiger partial charge is 0.0106 e. The average molecular weight is 213 g/mol. The number of hydrogen-bond donors (Lipinski definition) is 0. The molecule has 0 radical (unpaired) electrons. The maximum Gasteiger partial charge on any atom is 0.0106 e. The Morgan fingerprint density at radius 3 is 2.36 bits per heavy atom. The van der Waals surface area contributed by atoms with E-state index >= 15 is 0 Å². The molecule has 0 amide bonds. The second-order valence-corrected chi connectivity index (χ2v) is 7.30. The SMILES string of the molecule is CC1CCCCCCCN1P1CCC1. The molecule has 2 rings (SSSR count). The van der Waals surface area contributed by atoms with Crippen LogP contribution in [0.15, 0.2) is 0 Å². The van der Waals surface area contributed by atoms with Gasteiger partial charge in [-0.25, -0.2) is 0 Å². The normalized spacial score (nSPS) is 32.8. The van der Waals surface area contributed by atoms with E-state index in [2.05, 4.69) is 11.6 Å². The van der Waals surface area contributed by atoms with Crippen LogP contribution in [-0.2, 0) is 0 Å². The molecule has 0 N–H and O–H groups in total. The third-order valence-electron chi connectivity index (χ3n) is 3.71. The fourth-order valence-electron chi connectivity index (χ4n) is 2.59. The average Bonchev–Trinajstić information content (AvgIpc) is 2.18. The fraction of sp³-hybridized carbons (Fsp3) is 1.00. The molecule has 0 saturated carbocycles. The van der Waals surface area contributed by atoms with E-state index in [1.165, 1.54) is 51.5 Å². The van der Waals surface area contributed by atoms with Crippen molar-refractivity contribution >= 4 is 8.07 Å². The van der Waals surface area contributed by atoms with Crippen LogP contribution in [0.3, 0.4) is 0 Å². The van der Waals surface area contributed by atoms with E-state index in [0.29, 0.717) is 8.07 Å². The molecular weight excluding hydrogens is 189 g/mol. The van der Waals surface area contributed by atoms with Crippen LogP contribution in [0.1, 0.15) is 51.9 Å². The highest BCUT2D eigenvalue weighted by molar-refractivity contribution is 7.56. The van der Waals surface area contributed by atoms with Gasteiger partial charge >= 0.3 is 0 Å². The van der Waals surface area contributed by atoms with Crippen LogP contribution in [0.25, 0.3) is 0 Å². The molecule has 14 heavy (non-hydrogen) atoms. The summed E-state index contributed by atoms with van der Waals surface area (Å²) in [5.74, 6) is 0. The lowest BCUT2D eigenvalue weighted by Crippen LogP contribution is -2.33. The lowest BCUT2D eigenvalue weighted by atomic mass is 10.1. The van der Waals surface area contributed by atoms with Crippen LogP contribution < -0.4 is 0 Å². The third kappa shape index (κ3) is 2.70. The van der Waals surface area contributed by atoms with Gasteiger partial charge in [-0.05, 0) is 46.6 Å². The number of nitrogens with zero attached hydrogens (tertiary/aromatic N) is 1. The van der Waals surface area contributed by atoms with Crippen molar-refractivity contribution in [2.24, 2.45) is 0 Å². The molecule has 2 saturated heterocycles. The molecule has 0 aromatic heterocycles. The van der Waals surface area contributed by atoms with E-state index in [9.17, 15) is 0 Å². The predicted molar refractivity (Wildman–Crippen MR) is 65.1 cm³/mol. The second kappa shape index (κ2) is 5.47. The van der Waals surface area contributed by atoms with E-state index in [-0.39, 0.29) is 0 Å². The molecule has 0 bridgehead atoms. The minimum atomic E-state index is 0.337. The zero-order valence-electron chi connectivity index (χ0n) is 9.54.